The molecule has 48 heavy (non-hydrogen) atoms. The second-order valence-corrected chi connectivity index (χ2v) is 12.2. The lowest BCUT2D eigenvalue weighted by molar-refractivity contribution is -0.116. The first kappa shape index (κ1) is 32.5. The summed E-state index contributed by atoms with van der Waals surface area (Å²) >= 11 is 0. The highest BCUT2D eigenvalue weighted by atomic mass is 19.1. The van der Waals surface area contributed by atoms with Gasteiger partial charge in [-0.25, -0.2) is 14.4 Å². The van der Waals surface area contributed by atoms with E-state index in [2.05, 4.69) is 20.6 Å². The number of anilines is 2. The predicted octanol–water partition coefficient (Wildman–Crippen LogP) is 4.13. The van der Waals surface area contributed by atoms with Gasteiger partial charge in [0.2, 0.25) is 5.91 Å². The number of aliphatic hydroxyl groups is 1. The number of carbonyl (C=O) groups is 1. The number of rotatable bonds is 11. The van der Waals surface area contributed by atoms with Gasteiger partial charge in [0, 0.05) is 49.2 Å². The maximum Gasteiger partial charge on any atom is 0.293 e. The highest BCUT2D eigenvalue weighted by molar-refractivity contribution is 5.87. The maximum absolute atomic E-state index is 15.2. The van der Waals surface area contributed by atoms with Gasteiger partial charge < -0.3 is 25.2 Å². The van der Waals surface area contributed by atoms with Crippen molar-refractivity contribution in [1.82, 2.24) is 29.3 Å². The van der Waals surface area contributed by atoms with E-state index in [0.717, 1.165) is 24.0 Å². The third kappa shape index (κ3) is 6.94. The van der Waals surface area contributed by atoms with Crippen LogP contribution in [0.5, 0.6) is 0 Å². The van der Waals surface area contributed by atoms with E-state index >= 15 is 4.39 Å². The van der Waals surface area contributed by atoms with Crippen LogP contribution in [0.4, 0.5) is 15.9 Å². The third-order valence-corrected chi connectivity index (χ3v) is 8.20. The van der Waals surface area contributed by atoms with E-state index in [1.165, 1.54) is 27.6 Å². The van der Waals surface area contributed by atoms with Crippen LogP contribution in [0.25, 0.3) is 27.8 Å². The number of hydrogen-bond donors (Lipinski definition) is 3. The zero-order valence-electron chi connectivity index (χ0n) is 26.9. The molecule has 6 rings (SSSR count). The summed E-state index contributed by atoms with van der Waals surface area (Å²) in [6.45, 7) is 0.468. The Bertz CT molecular complexity index is 2170. The second kappa shape index (κ2) is 13.7. The molecule has 1 saturated carbocycles. The number of carbonyl (C=O) groups excluding carboxylic acids is 1. The van der Waals surface area contributed by atoms with Crippen molar-refractivity contribution in [2.24, 2.45) is 7.05 Å². The van der Waals surface area contributed by atoms with Crippen molar-refractivity contribution in [3.05, 3.63) is 122 Å². The normalized spacial score (nSPS) is 13.0. The van der Waals surface area contributed by atoms with Crippen molar-refractivity contribution in [3.8, 4) is 16.9 Å². The molecule has 1 aliphatic carbocycles. The molecule has 12 heteroatoms. The number of aromatic nitrogens is 4. The fourth-order valence-corrected chi connectivity index (χ4v) is 5.58. The lowest BCUT2D eigenvalue weighted by atomic mass is 10.0. The van der Waals surface area contributed by atoms with E-state index in [1.54, 1.807) is 55.7 Å². The molecular formula is C36H36FN7O4. The van der Waals surface area contributed by atoms with Gasteiger partial charge in [0.1, 0.15) is 17.5 Å². The van der Waals surface area contributed by atoms with Gasteiger partial charge in [0.25, 0.3) is 11.1 Å². The van der Waals surface area contributed by atoms with E-state index in [1.807, 2.05) is 31.1 Å². The summed E-state index contributed by atoms with van der Waals surface area (Å²) in [6.07, 6.45) is 8.14. The average molecular weight is 650 g/mol. The molecule has 5 aromatic rings. The molecule has 1 aliphatic rings. The topological polar surface area (TPSA) is 134 Å². The van der Waals surface area contributed by atoms with E-state index in [0.29, 0.717) is 46.2 Å². The molecule has 0 atom stereocenters. The number of aryl methyl sites for hydroxylation is 1. The van der Waals surface area contributed by atoms with Crippen LogP contribution >= 0.6 is 0 Å². The van der Waals surface area contributed by atoms with Crippen LogP contribution in [-0.2, 0) is 25.0 Å². The molecular weight excluding hydrogens is 613 g/mol. The molecule has 0 spiro atoms. The first-order chi connectivity index (χ1) is 23.1. The minimum atomic E-state index is -0.623. The highest BCUT2D eigenvalue weighted by Crippen LogP contribution is 2.41. The molecule has 11 nitrogen and oxygen atoms in total. The number of hydrogen-bond acceptors (Lipinski definition) is 8. The summed E-state index contributed by atoms with van der Waals surface area (Å²) in [5.74, 6) is -0.497. The summed E-state index contributed by atoms with van der Waals surface area (Å²) in [7, 11) is 5.42. The molecule has 0 bridgehead atoms. The van der Waals surface area contributed by atoms with Gasteiger partial charge in [-0.2, -0.15) is 0 Å². The summed E-state index contributed by atoms with van der Waals surface area (Å²) in [5.41, 5.74) is 3.06. The van der Waals surface area contributed by atoms with Gasteiger partial charge in [-0.1, -0.05) is 30.3 Å². The molecule has 0 unspecified atom stereocenters. The van der Waals surface area contributed by atoms with Gasteiger partial charge in [0.05, 0.1) is 23.5 Å². The lowest BCUT2D eigenvalue weighted by Crippen LogP contribution is -2.23. The van der Waals surface area contributed by atoms with E-state index in [-0.39, 0.29) is 29.2 Å². The molecule has 1 amide bonds. The monoisotopic (exact) mass is 649 g/mol. The first-order valence-corrected chi connectivity index (χ1v) is 15.6. The van der Waals surface area contributed by atoms with Crippen molar-refractivity contribution in [3.63, 3.8) is 0 Å². The standard InChI is InChI=1S/C36H36FN7O4/c1-42(2)14-6-11-32(46)38-18-22-7-4-8-25(15-22)40-34-36(48)43(3)19-30(41-34)26-9-5-10-31(27(26)20-45)44-21-39-29-17-24(23-12-13-23)16-28(37)33(29)35(44)47/h4-11,15-17,19,21,23,45H,12-14,18,20H2,1-3H3,(H,38,46)(H,40,41). The first-order valence-electron chi connectivity index (χ1n) is 15.6. The number of halogens is 1. The average Bonchev–Trinajstić information content (AvgIpc) is 3.91. The van der Waals surface area contributed by atoms with Crippen LogP contribution in [0.2, 0.25) is 0 Å². The number of likely N-dealkylation sites (N-methyl/N-ethyl adjacent to an activating group) is 1. The number of benzene rings is 3. The number of aliphatic hydroxyl groups excluding tert-OH is 1. The van der Waals surface area contributed by atoms with Crippen molar-refractivity contribution in [1.29, 1.82) is 0 Å². The van der Waals surface area contributed by atoms with Gasteiger partial charge in [-0.05, 0) is 74.3 Å². The van der Waals surface area contributed by atoms with Crippen molar-refractivity contribution >= 4 is 28.3 Å². The molecule has 1 fully saturated rings. The second-order valence-electron chi connectivity index (χ2n) is 12.2. The van der Waals surface area contributed by atoms with Crippen molar-refractivity contribution in [2.45, 2.75) is 31.9 Å². The Balaban J connectivity index is 1.30. The molecule has 3 aromatic carbocycles. The van der Waals surface area contributed by atoms with Gasteiger partial charge in [-0.3, -0.25) is 19.0 Å². The molecule has 2 aromatic heterocycles. The number of nitrogens with zero attached hydrogens (tertiary/aromatic N) is 5. The maximum atomic E-state index is 15.2. The number of fused-ring (bicyclic) bond motifs is 1. The SMILES string of the molecule is CN(C)CC=CC(=O)NCc1cccc(Nc2nc(-c3cccc(-n4cnc5cc(C6CC6)cc(F)c5c4=O)c3CO)cn(C)c2=O)c1. The quantitative estimate of drug-likeness (QED) is 0.182. The lowest BCUT2D eigenvalue weighted by Gasteiger charge is -2.16. The fourth-order valence-electron chi connectivity index (χ4n) is 5.58. The van der Waals surface area contributed by atoms with E-state index in [9.17, 15) is 19.5 Å². The number of nitrogens with one attached hydrogen (secondary N) is 2. The van der Waals surface area contributed by atoms with Crippen molar-refractivity contribution in [2.75, 3.05) is 26.0 Å². The van der Waals surface area contributed by atoms with Crippen LogP contribution in [-0.4, -0.2) is 55.7 Å². The van der Waals surface area contributed by atoms with Crippen LogP contribution in [0.3, 0.4) is 0 Å². The molecule has 246 valence electrons. The summed E-state index contributed by atoms with van der Waals surface area (Å²) in [5, 5.41) is 16.4. The van der Waals surface area contributed by atoms with Gasteiger partial charge >= 0.3 is 0 Å². The fraction of sp³-hybridized carbons (Fsp3) is 0.250. The Hall–Kier alpha value is -5.46. The largest absolute Gasteiger partial charge is 0.392 e. The van der Waals surface area contributed by atoms with E-state index < -0.39 is 18.0 Å². The van der Waals surface area contributed by atoms with Crippen LogP contribution < -0.4 is 21.8 Å². The zero-order valence-corrected chi connectivity index (χ0v) is 26.9. The highest BCUT2D eigenvalue weighted by Gasteiger charge is 2.26. The van der Waals surface area contributed by atoms with Crippen LogP contribution in [0.15, 0.2) is 88.9 Å². The summed E-state index contributed by atoms with van der Waals surface area (Å²) in [4.78, 5) is 49.9. The Labute approximate surface area is 276 Å². The van der Waals surface area contributed by atoms with Crippen LogP contribution in [0.1, 0.15) is 35.4 Å². The third-order valence-electron chi connectivity index (χ3n) is 8.20. The van der Waals surface area contributed by atoms with Crippen molar-refractivity contribution < 1.29 is 14.3 Å². The molecule has 3 N–H and O–H groups in total. The summed E-state index contributed by atoms with van der Waals surface area (Å²) < 4.78 is 17.8. The molecule has 2 heterocycles. The van der Waals surface area contributed by atoms with Crippen LogP contribution in [0, 0.1) is 5.82 Å². The Morgan fingerprint density at radius 1 is 1.10 bits per heavy atom. The smallest absolute Gasteiger partial charge is 0.293 e. The molecule has 0 aliphatic heterocycles. The Morgan fingerprint density at radius 3 is 2.65 bits per heavy atom. The molecule has 0 radical (unpaired) electrons. The van der Waals surface area contributed by atoms with E-state index in [4.69, 9.17) is 0 Å². The minimum Gasteiger partial charge on any atom is -0.392 e. The zero-order chi connectivity index (χ0) is 33.9. The number of amides is 1. The summed E-state index contributed by atoms with van der Waals surface area (Å²) in [6, 6.07) is 15.5. The van der Waals surface area contributed by atoms with Gasteiger partial charge in [-0.15, -0.1) is 0 Å². The predicted molar refractivity (Wildman–Crippen MR) is 183 cm³/mol. The van der Waals surface area contributed by atoms with Gasteiger partial charge in [0.15, 0.2) is 5.82 Å². The Kier molecular flexibility index (Phi) is 9.28. The Morgan fingerprint density at radius 2 is 1.90 bits per heavy atom. The minimum absolute atomic E-state index is 0.0372. The molecule has 0 saturated heterocycles.